The Bertz CT molecular complexity index is 568. The summed E-state index contributed by atoms with van der Waals surface area (Å²) in [5.41, 5.74) is -1.92. The summed E-state index contributed by atoms with van der Waals surface area (Å²) < 4.78 is 0. The minimum atomic E-state index is -1.92. The fraction of sp³-hybridized carbons (Fsp3) is 0.733. The van der Waals surface area contributed by atoms with Crippen molar-refractivity contribution < 1.29 is 34.5 Å². The van der Waals surface area contributed by atoms with Gasteiger partial charge in [0, 0.05) is 12.7 Å². The molecule has 1 saturated heterocycles. The average molecular weight is 376 g/mol. The Morgan fingerprint density at radius 3 is 2.28 bits per heavy atom. The molecular weight excluding hydrogens is 352 g/mol. The lowest BCUT2D eigenvalue weighted by molar-refractivity contribution is -0.140. The molecule has 0 aromatic carbocycles. The Labute approximate surface area is 149 Å². The van der Waals surface area contributed by atoms with E-state index in [0.29, 0.717) is 11.8 Å². The van der Waals surface area contributed by atoms with Crippen molar-refractivity contribution in [2.24, 2.45) is 11.8 Å². The van der Waals surface area contributed by atoms with Crippen molar-refractivity contribution in [3.63, 3.8) is 0 Å². The maximum Gasteiger partial charge on any atom is 0.327 e. The monoisotopic (exact) mass is 376 g/mol. The van der Waals surface area contributed by atoms with Crippen LogP contribution in [0.2, 0.25) is 0 Å². The van der Waals surface area contributed by atoms with Crippen LogP contribution in [0.15, 0.2) is 0 Å². The minimum absolute atomic E-state index is 0.308. The molecule has 5 N–H and O–H groups in total. The van der Waals surface area contributed by atoms with Crippen molar-refractivity contribution in [3.05, 3.63) is 0 Å². The molecular formula is C15H24N2O7S. The highest BCUT2D eigenvalue weighted by molar-refractivity contribution is 8.13. The van der Waals surface area contributed by atoms with Crippen molar-refractivity contribution in [2.45, 2.75) is 51.5 Å². The third kappa shape index (κ3) is 4.31. The minimum Gasteiger partial charge on any atom is -0.480 e. The Kier molecular flexibility index (Phi) is 6.98. The highest BCUT2D eigenvalue weighted by Gasteiger charge is 2.60. The van der Waals surface area contributed by atoms with E-state index in [1.165, 1.54) is 6.92 Å². The van der Waals surface area contributed by atoms with Gasteiger partial charge in [-0.1, -0.05) is 32.5 Å². The number of hydrogen-bond donors (Lipinski definition) is 5. The van der Waals surface area contributed by atoms with Crippen molar-refractivity contribution in [1.29, 1.82) is 0 Å². The third-order valence-corrected chi connectivity index (χ3v) is 5.28. The van der Waals surface area contributed by atoms with Crippen LogP contribution in [-0.2, 0) is 19.2 Å². The van der Waals surface area contributed by atoms with Gasteiger partial charge in [-0.25, -0.2) is 4.79 Å². The van der Waals surface area contributed by atoms with Gasteiger partial charge >= 0.3 is 5.97 Å². The normalized spacial score (nSPS) is 28.4. The van der Waals surface area contributed by atoms with Crippen LogP contribution in [0.25, 0.3) is 0 Å². The van der Waals surface area contributed by atoms with Gasteiger partial charge in [0.15, 0.2) is 5.54 Å². The lowest BCUT2D eigenvalue weighted by atomic mass is 9.81. The number of nitrogens with one attached hydrogen (secondary N) is 2. The third-order valence-electron chi connectivity index (χ3n) is 4.18. The average Bonchev–Trinajstić information content (AvgIpc) is 2.74. The van der Waals surface area contributed by atoms with E-state index in [0.717, 1.165) is 6.92 Å². The van der Waals surface area contributed by atoms with Crippen molar-refractivity contribution in [1.82, 2.24) is 10.6 Å². The van der Waals surface area contributed by atoms with Crippen LogP contribution in [-0.4, -0.2) is 67.8 Å². The molecule has 0 bridgehead atoms. The van der Waals surface area contributed by atoms with Crippen LogP contribution in [0.1, 0.15) is 27.7 Å². The Morgan fingerprint density at radius 2 is 1.92 bits per heavy atom. The molecule has 2 amide bonds. The van der Waals surface area contributed by atoms with Gasteiger partial charge in [-0.05, 0) is 5.92 Å². The van der Waals surface area contributed by atoms with Gasteiger partial charge in [0.25, 0.3) is 0 Å². The second-order valence-corrected chi connectivity index (χ2v) is 7.46. The number of aliphatic hydroxyl groups excluding tert-OH is 2. The fourth-order valence-electron chi connectivity index (χ4n) is 2.70. The summed E-state index contributed by atoms with van der Waals surface area (Å²) in [5.74, 6) is -4.12. The van der Waals surface area contributed by atoms with Crippen molar-refractivity contribution in [3.8, 4) is 0 Å². The molecule has 0 aliphatic carbocycles. The SMILES string of the molecule is CC(=O)N[C@@H](CSC(=O)C1([C@@H](O)C(C)C)NC(=O)[C@H](C)[C@@H]1O)C(=O)O. The van der Waals surface area contributed by atoms with E-state index in [1.807, 2.05) is 0 Å². The van der Waals surface area contributed by atoms with E-state index in [4.69, 9.17) is 5.11 Å². The molecule has 1 rings (SSSR count). The molecule has 142 valence electrons. The van der Waals surface area contributed by atoms with Gasteiger partial charge in [-0.15, -0.1) is 0 Å². The second-order valence-electron chi connectivity index (χ2n) is 6.47. The quantitative estimate of drug-likeness (QED) is 0.368. The van der Waals surface area contributed by atoms with E-state index in [-0.39, 0.29) is 5.75 Å². The number of carbonyl (C=O) groups excluding carboxylic acids is 3. The van der Waals surface area contributed by atoms with Gasteiger partial charge in [-0.2, -0.15) is 0 Å². The number of aliphatic hydroxyl groups is 2. The molecule has 1 heterocycles. The summed E-state index contributed by atoms with van der Waals surface area (Å²) in [7, 11) is 0. The molecule has 10 heteroatoms. The summed E-state index contributed by atoms with van der Waals surface area (Å²) in [4.78, 5) is 46.9. The number of hydrogen-bond acceptors (Lipinski definition) is 7. The van der Waals surface area contributed by atoms with E-state index in [1.54, 1.807) is 13.8 Å². The molecule has 9 nitrogen and oxygen atoms in total. The number of carboxylic acids is 1. The van der Waals surface area contributed by atoms with Gasteiger partial charge in [0.05, 0.1) is 18.1 Å². The zero-order valence-corrected chi connectivity index (χ0v) is 15.3. The highest BCUT2D eigenvalue weighted by Crippen LogP contribution is 2.36. The lowest BCUT2D eigenvalue weighted by Gasteiger charge is -2.37. The fourth-order valence-corrected chi connectivity index (χ4v) is 3.77. The molecule has 0 aromatic rings. The number of carbonyl (C=O) groups is 4. The number of carboxylic acid groups (broad SMARTS) is 1. The summed E-state index contributed by atoms with van der Waals surface area (Å²) in [6.45, 7) is 5.84. The first-order valence-corrected chi connectivity index (χ1v) is 8.79. The number of thioether (sulfide) groups is 1. The van der Waals surface area contributed by atoms with E-state index in [9.17, 15) is 29.4 Å². The molecule has 0 radical (unpaired) electrons. The lowest BCUT2D eigenvalue weighted by Crippen LogP contribution is -2.64. The standard InChI is InChI=1S/C15H24N2O7S/c1-6(2)10(19)15(11(20)7(3)12(21)17-15)14(24)25-5-9(13(22)23)16-8(4)18/h6-7,9-11,19-20H,5H2,1-4H3,(H,16,18)(H,17,21)(H,22,23)/t7-,9+,10+,11+,15?/m1/s1. The summed E-state index contributed by atoms with van der Waals surface area (Å²) in [6, 6.07) is -1.31. The van der Waals surface area contributed by atoms with Crippen LogP contribution in [0.5, 0.6) is 0 Å². The summed E-state index contributed by atoms with van der Waals surface area (Å²) in [5, 5.41) is 33.8. The van der Waals surface area contributed by atoms with E-state index >= 15 is 0 Å². The molecule has 1 aliphatic heterocycles. The molecule has 0 aromatic heterocycles. The van der Waals surface area contributed by atoms with Crippen LogP contribution in [0.4, 0.5) is 0 Å². The Morgan fingerprint density at radius 1 is 1.36 bits per heavy atom. The van der Waals surface area contributed by atoms with E-state index in [2.05, 4.69) is 10.6 Å². The van der Waals surface area contributed by atoms with Crippen LogP contribution in [0, 0.1) is 11.8 Å². The molecule has 25 heavy (non-hydrogen) atoms. The predicted molar refractivity (Wildman–Crippen MR) is 89.6 cm³/mol. The molecule has 0 saturated carbocycles. The van der Waals surface area contributed by atoms with Gasteiger partial charge in [0.1, 0.15) is 6.04 Å². The Balaban J connectivity index is 3.04. The first kappa shape index (κ1) is 21.4. The summed E-state index contributed by atoms with van der Waals surface area (Å²) in [6.07, 6.45) is -2.82. The van der Waals surface area contributed by atoms with E-state index < -0.39 is 58.5 Å². The van der Waals surface area contributed by atoms with Gasteiger partial charge in [-0.3, -0.25) is 14.4 Å². The van der Waals surface area contributed by atoms with Crippen molar-refractivity contribution >= 4 is 34.7 Å². The first-order chi connectivity index (χ1) is 11.4. The number of rotatable bonds is 7. The van der Waals surface area contributed by atoms with Gasteiger partial charge in [0.2, 0.25) is 16.9 Å². The van der Waals surface area contributed by atoms with Gasteiger partial charge < -0.3 is 26.0 Å². The molecule has 1 unspecified atom stereocenters. The maximum atomic E-state index is 12.8. The highest BCUT2D eigenvalue weighted by atomic mass is 32.2. The maximum absolute atomic E-state index is 12.8. The van der Waals surface area contributed by atoms with Crippen LogP contribution >= 0.6 is 11.8 Å². The predicted octanol–water partition coefficient (Wildman–Crippen LogP) is -1.28. The zero-order valence-electron chi connectivity index (χ0n) is 14.5. The smallest absolute Gasteiger partial charge is 0.327 e. The Hall–Kier alpha value is -1.65. The van der Waals surface area contributed by atoms with Crippen LogP contribution in [0.3, 0.4) is 0 Å². The number of amides is 2. The van der Waals surface area contributed by atoms with Crippen molar-refractivity contribution in [2.75, 3.05) is 5.75 Å². The number of aliphatic carboxylic acids is 1. The largest absolute Gasteiger partial charge is 0.480 e. The molecule has 1 aliphatic rings. The molecule has 1 fully saturated rings. The topological polar surface area (TPSA) is 153 Å². The first-order valence-electron chi connectivity index (χ1n) is 7.80. The molecule has 0 spiro atoms. The summed E-state index contributed by atoms with van der Waals surface area (Å²) >= 11 is 0.535. The molecule has 5 atom stereocenters. The zero-order chi connectivity index (χ0) is 19.5. The van der Waals surface area contributed by atoms with Crippen LogP contribution < -0.4 is 10.6 Å². The second kappa shape index (κ2) is 8.15.